The van der Waals surface area contributed by atoms with Crippen molar-refractivity contribution in [2.75, 3.05) is 47.3 Å². The smallest absolute Gasteiger partial charge is 0.227 e. The third kappa shape index (κ3) is 3.85. The summed E-state index contributed by atoms with van der Waals surface area (Å²) in [5, 5.41) is 9.43. The molecule has 24 heavy (non-hydrogen) atoms. The van der Waals surface area contributed by atoms with Gasteiger partial charge in [0.2, 0.25) is 5.91 Å². The molecule has 1 amide bonds. The van der Waals surface area contributed by atoms with Crippen LogP contribution in [0.4, 0.5) is 0 Å². The highest BCUT2D eigenvalue weighted by molar-refractivity contribution is 7.13. The first-order valence-electron chi connectivity index (χ1n) is 8.22. The molecule has 0 spiro atoms. The van der Waals surface area contributed by atoms with E-state index in [9.17, 15) is 4.79 Å². The number of carbonyl (C=O) groups is 1. The molecule has 130 valence electrons. The van der Waals surface area contributed by atoms with Gasteiger partial charge in [-0.3, -0.25) is 14.8 Å². The van der Waals surface area contributed by atoms with Crippen LogP contribution >= 0.6 is 11.3 Å². The van der Waals surface area contributed by atoms with Gasteiger partial charge in [-0.2, -0.15) is 5.10 Å². The maximum absolute atomic E-state index is 12.5. The van der Waals surface area contributed by atoms with E-state index in [0.717, 1.165) is 38.4 Å². The molecule has 6 nitrogen and oxygen atoms in total. The van der Waals surface area contributed by atoms with E-state index in [2.05, 4.69) is 44.6 Å². The Balaban J connectivity index is 1.75. The normalized spacial score (nSPS) is 20.0. The Morgan fingerprint density at radius 3 is 2.96 bits per heavy atom. The summed E-state index contributed by atoms with van der Waals surface area (Å²) < 4.78 is 0. The van der Waals surface area contributed by atoms with Gasteiger partial charge in [-0.15, -0.1) is 11.3 Å². The summed E-state index contributed by atoms with van der Waals surface area (Å²) in [5.41, 5.74) is 2.29. The molecule has 2 aromatic rings. The van der Waals surface area contributed by atoms with E-state index in [1.165, 1.54) is 10.4 Å². The van der Waals surface area contributed by atoms with Gasteiger partial charge in [0.25, 0.3) is 0 Å². The molecule has 0 aliphatic carbocycles. The molecule has 0 saturated carbocycles. The number of hydrogen-bond acceptors (Lipinski definition) is 5. The zero-order valence-electron chi connectivity index (χ0n) is 14.5. The number of amides is 1. The lowest BCUT2D eigenvalue weighted by atomic mass is 10.1. The molecule has 1 atom stereocenters. The molecule has 1 aliphatic heterocycles. The molecular formula is C17H25N5OS. The lowest BCUT2D eigenvalue weighted by molar-refractivity contribution is -0.133. The van der Waals surface area contributed by atoms with Crippen LogP contribution in [0.1, 0.15) is 5.56 Å². The Bertz CT molecular complexity index is 666. The van der Waals surface area contributed by atoms with Gasteiger partial charge in [0.05, 0.1) is 22.7 Å². The van der Waals surface area contributed by atoms with Crippen molar-refractivity contribution in [2.45, 2.75) is 6.54 Å². The molecule has 1 aliphatic rings. The molecule has 3 heterocycles. The molecule has 0 bridgehead atoms. The topological polar surface area (TPSA) is 55.5 Å². The van der Waals surface area contributed by atoms with Crippen LogP contribution in [0, 0.1) is 5.92 Å². The van der Waals surface area contributed by atoms with Crippen LogP contribution in [-0.2, 0) is 11.3 Å². The van der Waals surface area contributed by atoms with Crippen molar-refractivity contribution in [3.8, 4) is 10.6 Å². The number of aromatic nitrogens is 2. The van der Waals surface area contributed by atoms with E-state index in [1.807, 2.05) is 20.3 Å². The van der Waals surface area contributed by atoms with Crippen molar-refractivity contribution >= 4 is 17.2 Å². The van der Waals surface area contributed by atoms with Crippen molar-refractivity contribution in [2.24, 2.45) is 5.92 Å². The van der Waals surface area contributed by atoms with Crippen molar-refractivity contribution in [3.63, 3.8) is 0 Å². The fourth-order valence-corrected chi connectivity index (χ4v) is 3.97. The average molecular weight is 347 g/mol. The zero-order chi connectivity index (χ0) is 17.1. The average Bonchev–Trinajstić information content (AvgIpc) is 3.18. The summed E-state index contributed by atoms with van der Waals surface area (Å²) in [6.07, 6.45) is 1.91. The van der Waals surface area contributed by atoms with Crippen LogP contribution in [0.3, 0.4) is 0 Å². The Morgan fingerprint density at radius 2 is 2.25 bits per heavy atom. The first kappa shape index (κ1) is 17.1. The monoisotopic (exact) mass is 347 g/mol. The maximum atomic E-state index is 12.5. The summed E-state index contributed by atoms with van der Waals surface area (Å²) in [6.45, 7) is 4.36. The van der Waals surface area contributed by atoms with E-state index in [-0.39, 0.29) is 11.8 Å². The van der Waals surface area contributed by atoms with Crippen molar-refractivity contribution in [1.29, 1.82) is 0 Å². The van der Waals surface area contributed by atoms with E-state index >= 15 is 0 Å². The van der Waals surface area contributed by atoms with Gasteiger partial charge >= 0.3 is 0 Å². The Labute approximate surface area is 147 Å². The standard InChI is InChI=1S/C17H25N5OS/c1-20(2)17(23)14-10-21(3)6-7-22(12-14)11-13-9-18-19-16(13)15-5-4-8-24-15/h4-5,8-9,14H,6-7,10-12H2,1-3H3,(H,18,19). The van der Waals surface area contributed by atoms with E-state index in [0.29, 0.717) is 0 Å². The Morgan fingerprint density at radius 1 is 1.42 bits per heavy atom. The highest BCUT2D eigenvalue weighted by Gasteiger charge is 2.28. The molecule has 0 radical (unpaired) electrons. The summed E-state index contributed by atoms with van der Waals surface area (Å²) in [4.78, 5) is 20.0. The highest BCUT2D eigenvalue weighted by atomic mass is 32.1. The lowest BCUT2D eigenvalue weighted by Crippen LogP contribution is -2.40. The number of nitrogens with one attached hydrogen (secondary N) is 1. The molecule has 1 unspecified atom stereocenters. The number of aromatic amines is 1. The molecule has 1 saturated heterocycles. The molecule has 1 fully saturated rings. The van der Waals surface area contributed by atoms with Crippen LogP contribution in [0.2, 0.25) is 0 Å². The number of thiophene rings is 1. The van der Waals surface area contributed by atoms with Crippen LogP contribution < -0.4 is 0 Å². The Kier molecular flexibility index (Phi) is 5.33. The summed E-state index contributed by atoms with van der Waals surface area (Å²) in [7, 11) is 5.76. The summed E-state index contributed by atoms with van der Waals surface area (Å²) >= 11 is 1.71. The first-order chi connectivity index (χ1) is 11.5. The van der Waals surface area contributed by atoms with Gasteiger partial charge in [-0.05, 0) is 18.5 Å². The predicted molar refractivity (Wildman–Crippen MR) is 96.9 cm³/mol. The minimum absolute atomic E-state index is 0.0181. The highest BCUT2D eigenvalue weighted by Crippen LogP contribution is 2.27. The Hall–Kier alpha value is -1.70. The first-order valence-corrected chi connectivity index (χ1v) is 9.10. The molecule has 7 heteroatoms. The number of carbonyl (C=O) groups excluding carboxylic acids is 1. The molecule has 0 aromatic carbocycles. The molecule has 3 rings (SSSR count). The van der Waals surface area contributed by atoms with Gasteiger partial charge in [-0.25, -0.2) is 0 Å². The molecule has 2 aromatic heterocycles. The SMILES string of the molecule is CN1CCN(Cc2cn[nH]c2-c2cccs2)CC(C(=O)N(C)C)C1. The van der Waals surface area contributed by atoms with Crippen LogP contribution in [-0.4, -0.2) is 78.1 Å². The number of H-pyrrole nitrogens is 1. The second-order valence-corrected chi connectivity index (χ2v) is 7.62. The lowest BCUT2D eigenvalue weighted by Gasteiger charge is -2.25. The zero-order valence-corrected chi connectivity index (χ0v) is 15.3. The van der Waals surface area contributed by atoms with Crippen LogP contribution in [0.15, 0.2) is 23.7 Å². The van der Waals surface area contributed by atoms with Crippen molar-refractivity contribution in [3.05, 3.63) is 29.3 Å². The summed E-state index contributed by atoms with van der Waals surface area (Å²) in [6, 6.07) is 4.16. The number of likely N-dealkylation sites (N-methyl/N-ethyl adjacent to an activating group) is 1. The second-order valence-electron chi connectivity index (χ2n) is 6.67. The van der Waals surface area contributed by atoms with Crippen molar-refractivity contribution < 1.29 is 4.79 Å². The minimum atomic E-state index is 0.0181. The van der Waals surface area contributed by atoms with E-state index < -0.39 is 0 Å². The fraction of sp³-hybridized carbons (Fsp3) is 0.529. The second kappa shape index (κ2) is 7.46. The van der Waals surface area contributed by atoms with E-state index in [1.54, 1.807) is 16.2 Å². The third-order valence-electron chi connectivity index (χ3n) is 4.48. The summed E-state index contributed by atoms with van der Waals surface area (Å²) in [5.74, 6) is 0.226. The van der Waals surface area contributed by atoms with Crippen molar-refractivity contribution in [1.82, 2.24) is 24.9 Å². The van der Waals surface area contributed by atoms with Crippen LogP contribution in [0.25, 0.3) is 10.6 Å². The van der Waals surface area contributed by atoms with Gasteiger partial charge in [0.1, 0.15) is 0 Å². The largest absolute Gasteiger partial charge is 0.348 e. The number of rotatable bonds is 4. The number of nitrogens with zero attached hydrogens (tertiary/aromatic N) is 4. The molecular weight excluding hydrogens is 322 g/mol. The van der Waals surface area contributed by atoms with Gasteiger partial charge in [0.15, 0.2) is 0 Å². The van der Waals surface area contributed by atoms with Crippen LogP contribution in [0.5, 0.6) is 0 Å². The third-order valence-corrected chi connectivity index (χ3v) is 5.37. The minimum Gasteiger partial charge on any atom is -0.348 e. The predicted octanol–water partition coefficient (Wildman–Crippen LogP) is 1.59. The van der Waals surface area contributed by atoms with Gasteiger partial charge in [0, 0.05) is 52.4 Å². The maximum Gasteiger partial charge on any atom is 0.227 e. The van der Waals surface area contributed by atoms with Gasteiger partial charge < -0.3 is 9.80 Å². The van der Waals surface area contributed by atoms with E-state index in [4.69, 9.17) is 0 Å². The molecule has 1 N–H and O–H groups in total. The van der Waals surface area contributed by atoms with Gasteiger partial charge in [-0.1, -0.05) is 6.07 Å². The fourth-order valence-electron chi connectivity index (χ4n) is 3.21. The quantitative estimate of drug-likeness (QED) is 0.913. The number of hydrogen-bond donors (Lipinski definition) is 1.